The Bertz CT molecular complexity index is 2340. The third-order valence-electron chi connectivity index (χ3n) is 12.4. The van der Waals surface area contributed by atoms with Crippen molar-refractivity contribution in [2.45, 2.75) is 68.4 Å². The molecule has 10 rings (SSSR count). The lowest BCUT2D eigenvalue weighted by Crippen LogP contribution is -2.56. The van der Waals surface area contributed by atoms with Crippen molar-refractivity contribution in [2.24, 2.45) is 7.05 Å². The Morgan fingerprint density at radius 2 is 1.89 bits per heavy atom. The number of benzene rings is 3. The second-order valence-corrected chi connectivity index (χ2v) is 15.6. The monoisotopic (exact) mass is 723 g/mol. The molecule has 0 saturated carbocycles. The van der Waals surface area contributed by atoms with Crippen LogP contribution >= 0.6 is 0 Å². The molecule has 0 amide bonds. The van der Waals surface area contributed by atoms with Gasteiger partial charge < -0.3 is 19.5 Å². The van der Waals surface area contributed by atoms with Crippen molar-refractivity contribution in [3.8, 4) is 35.2 Å². The zero-order valence-corrected chi connectivity index (χ0v) is 29.5. The van der Waals surface area contributed by atoms with Crippen molar-refractivity contribution in [3.05, 3.63) is 47.7 Å². The number of phenolic OH excluding ortho intramolecular Hbond substituents is 1. The van der Waals surface area contributed by atoms with Crippen molar-refractivity contribution in [2.75, 3.05) is 50.8 Å². The minimum atomic E-state index is -0.932. The maximum absolute atomic E-state index is 17.8. The smallest absolute Gasteiger partial charge is 0.319 e. The van der Waals surface area contributed by atoms with Crippen molar-refractivity contribution in [1.29, 1.82) is 0 Å². The number of aryl methyl sites for hydroxylation is 1. The predicted molar refractivity (Wildman–Crippen MR) is 195 cm³/mol. The number of aromatic hydroxyl groups is 1. The van der Waals surface area contributed by atoms with Crippen molar-refractivity contribution in [3.63, 3.8) is 0 Å². The average Bonchev–Trinajstić information content (AvgIpc) is 3.84. The molecule has 274 valence electrons. The first-order chi connectivity index (χ1) is 25.7. The fourth-order valence-electron chi connectivity index (χ4n) is 10.0. The summed E-state index contributed by atoms with van der Waals surface area (Å²) >= 11 is 0. The Morgan fingerprint density at radius 3 is 2.64 bits per heavy atom. The Balaban J connectivity index is 1.18. The van der Waals surface area contributed by atoms with E-state index in [1.807, 2.05) is 6.20 Å². The summed E-state index contributed by atoms with van der Waals surface area (Å²) in [5.41, 5.74) is 0.0688. The second kappa shape index (κ2) is 12.2. The number of nitrogens with zero attached hydrogens (tertiary/aromatic N) is 7. The summed E-state index contributed by atoms with van der Waals surface area (Å²) in [5.74, 6) is 1.54. The highest BCUT2D eigenvalue weighted by Crippen LogP contribution is 2.47. The zero-order valence-electron chi connectivity index (χ0n) is 29.5. The normalized spacial score (nSPS) is 27.2. The third-order valence-corrected chi connectivity index (χ3v) is 12.4. The molecule has 2 aromatic heterocycles. The summed E-state index contributed by atoms with van der Waals surface area (Å²) in [6, 6.07) is 5.89. The lowest BCUT2D eigenvalue weighted by atomic mass is 9.91. The van der Waals surface area contributed by atoms with Crippen molar-refractivity contribution < 1.29 is 27.8 Å². The minimum absolute atomic E-state index is 0.0185. The lowest BCUT2D eigenvalue weighted by molar-refractivity contribution is -0.0687. The van der Waals surface area contributed by atoms with Crippen LogP contribution in [-0.4, -0.2) is 110 Å². The highest BCUT2D eigenvalue weighted by molar-refractivity contribution is 6.18. The van der Waals surface area contributed by atoms with Crippen LogP contribution in [-0.2, 0) is 11.8 Å². The van der Waals surface area contributed by atoms with Crippen LogP contribution in [0.4, 0.5) is 19.0 Å². The Labute approximate surface area is 304 Å². The molecule has 0 radical (unpaired) electrons. The Morgan fingerprint density at radius 1 is 1.08 bits per heavy atom. The van der Waals surface area contributed by atoms with E-state index in [4.69, 9.17) is 31.0 Å². The maximum Gasteiger partial charge on any atom is 0.319 e. The summed E-state index contributed by atoms with van der Waals surface area (Å²) in [6.45, 7) is 4.71. The number of likely N-dealkylation sites (tertiary alicyclic amines) is 1. The number of fused-ring (bicyclic) bond motifs is 7. The van der Waals surface area contributed by atoms with Crippen LogP contribution in [0.2, 0.25) is 0 Å². The average molecular weight is 724 g/mol. The Kier molecular flexibility index (Phi) is 7.59. The highest BCUT2D eigenvalue weighted by Gasteiger charge is 2.50. The summed E-state index contributed by atoms with van der Waals surface area (Å²) in [4.78, 5) is 16.8. The topological polar surface area (TPSA) is 92.0 Å². The number of phenols is 1. The molecule has 5 saturated heterocycles. The number of piperazine rings is 1. The van der Waals surface area contributed by atoms with Gasteiger partial charge in [0, 0.05) is 80.9 Å². The number of rotatable bonds is 7. The lowest BCUT2D eigenvalue weighted by Gasteiger charge is -2.44. The van der Waals surface area contributed by atoms with Crippen LogP contribution in [0.25, 0.3) is 43.7 Å². The van der Waals surface area contributed by atoms with Gasteiger partial charge in [0.1, 0.15) is 41.2 Å². The van der Waals surface area contributed by atoms with E-state index in [-0.39, 0.29) is 64.1 Å². The van der Waals surface area contributed by atoms with Crippen LogP contribution in [0.5, 0.6) is 11.8 Å². The molecule has 13 heteroatoms. The van der Waals surface area contributed by atoms with Crippen LogP contribution < -0.4 is 9.64 Å². The molecule has 0 spiro atoms. The molecule has 5 fully saturated rings. The summed E-state index contributed by atoms with van der Waals surface area (Å²) < 4.78 is 61.5. The molecule has 5 aliphatic rings. The van der Waals surface area contributed by atoms with Crippen LogP contribution in [0.1, 0.15) is 44.1 Å². The molecule has 5 aromatic rings. The predicted octanol–water partition coefficient (Wildman–Crippen LogP) is 5.70. The number of hydrogen-bond acceptors (Lipinski definition) is 9. The SMILES string of the molecule is C#Cc1c(F)ccc2cc(O)cc(-c3c(F)c4nc(OC[C@@]56CCCN5C[C@H](F)C6)nc(N5[C@@H]6CC[C@H]5CN(CC5CCO5)C6)c4c4cn(C)nc34)c12. The standard InChI is InChI=1S/C40H40F3N7O3/c1-3-28-31(42)8-5-22-13-26(51)14-29(32(22)28)33-35(43)37-34(30-20-47(2)46-36(30)33)38(50-24-6-7-25(50)18-48(17-24)19-27-9-12-52-27)45-39(44-37)53-21-40-10-4-11-49(40)16-23(41)15-40/h1,5,8,13-14,20,23-25,27,51H,4,6-7,9-12,15-19,21H2,2H3/t23-,24-,25+,27?,40+/m1/s1. The molecule has 53 heavy (non-hydrogen) atoms. The first-order valence-corrected chi connectivity index (χ1v) is 18.6. The van der Waals surface area contributed by atoms with Gasteiger partial charge in [-0.25, -0.2) is 13.2 Å². The number of alkyl halides is 1. The van der Waals surface area contributed by atoms with Gasteiger partial charge in [0.15, 0.2) is 5.82 Å². The van der Waals surface area contributed by atoms with E-state index in [2.05, 4.69) is 20.6 Å². The Hall–Kier alpha value is -4.64. The number of aromatic nitrogens is 4. The molecule has 1 unspecified atom stereocenters. The van der Waals surface area contributed by atoms with Gasteiger partial charge in [-0.05, 0) is 67.8 Å². The molecule has 2 bridgehead atoms. The molecule has 5 atom stereocenters. The van der Waals surface area contributed by atoms with Gasteiger partial charge in [-0.2, -0.15) is 15.1 Å². The second-order valence-electron chi connectivity index (χ2n) is 15.6. The van der Waals surface area contributed by atoms with E-state index < -0.39 is 23.3 Å². The van der Waals surface area contributed by atoms with Gasteiger partial charge >= 0.3 is 6.01 Å². The number of halogens is 3. The van der Waals surface area contributed by atoms with Crippen molar-refractivity contribution >= 4 is 38.4 Å². The van der Waals surface area contributed by atoms with Crippen LogP contribution in [0, 0.1) is 24.0 Å². The summed E-state index contributed by atoms with van der Waals surface area (Å²) in [6.07, 6.45) is 12.1. The van der Waals surface area contributed by atoms with E-state index in [0.29, 0.717) is 40.5 Å². The van der Waals surface area contributed by atoms with Gasteiger partial charge in [-0.15, -0.1) is 6.42 Å². The van der Waals surface area contributed by atoms with Crippen molar-refractivity contribution in [1.82, 2.24) is 29.5 Å². The first-order valence-electron chi connectivity index (χ1n) is 18.6. The quantitative estimate of drug-likeness (QED) is 0.213. The number of ether oxygens (including phenoxy) is 2. The maximum atomic E-state index is 17.8. The number of anilines is 1. The van der Waals surface area contributed by atoms with E-state index in [1.54, 1.807) is 11.7 Å². The van der Waals surface area contributed by atoms with Crippen LogP contribution in [0.15, 0.2) is 30.5 Å². The molecular formula is C40H40F3N7O3. The van der Waals surface area contributed by atoms with Gasteiger partial charge in [0.2, 0.25) is 0 Å². The molecule has 10 nitrogen and oxygen atoms in total. The molecule has 3 aromatic carbocycles. The fraction of sp³-hybridized carbons (Fsp3) is 0.475. The molecule has 0 aliphatic carbocycles. The van der Waals surface area contributed by atoms with Crippen LogP contribution in [0.3, 0.4) is 0 Å². The third kappa shape index (κ3) is 5.16. The van der Waals surface area contributed by atoms with E-state index in [1.165, 1.54) is 24.3 Å². The first kappa shape index (κ1) is 33.0. The summed E-state index contributed by atoms with van der Waals surface area (Å²) in [7, 11) is 1.76. The molecule has 5 aliphatic heterocycles. The van der Waals surface area contributed by atoms with Gasteiger partial charge in [-0.3, -0.25) is 14.5 Å². The minimum Gasteiger partial charge on any atom is -0.508 e. The van der Waals surface area contributed by atoms with Gasteiger partial charge in [-0.1, -0.05) is 12.0 Å². The summed E-state index contributed by atoms with van der Waals surface area (Å²) in [5, 5.41) is 17.5. The van der Waals surface area contributed by atoms with E-state index in [9.17, 15) is 9.50 Å². The number of terminal acetylenes is 1. The van der Waals surface area contributed by atoms with E-state index >= 15 is 8.78 Å². The highest BCUT2D eigenvalue weighted by atomic mass is 19.1. The van der Waals surface area contributed by atoms with E-state index in [0.717, 1.165) is 64.9 Å². The fourth-order valence-corrected chi connectivity index (χ4v) is 10.0. The molecule has 1 N–H and O–H groups in total. The largest absolute Gasteiger partial charge is 0.508 e. The van der Waals surface area contributed by atoms with Gasteiger partial charge in [0.05, 0.1) is 22.6 Å². The molecular weight excluding hydrogens is 683 g/mol. The molecule has 7 heterocycles. The number of hydrogen-bond donors (Lipinski definition) is 1. The van der Waals surface area contributed by atoms with Gasteiger partial charge in [0.25, 0.3) is 0 Å². The zero-order chi connectivity index (χ0) is 36.2.